The summed E-state index contributed by atoms with van der Waals surface area (Å²) in [6, 6.07) is 0.404. The van der Waals surface area contributed by atoms with Crippen molar-refractivity contribution in [2.24, 2.45) is 5.92 Å². The van der Waals surface area contributed by atoms with Crippen molar-refractivity contribution in [3.05, 3.63) is 0 Å². The number of likely N-dealkylation sites (tertiary alicyclic amines) is 1. The van der Waals surface area contributed by atoms with Gasteiger partial charge in [0.15, 0.2) is 0 Å². The van der Waals surface area contributed by atoms with Crippen LogP contribution in [0.4, 0.5) is 4.79 Å². The van der Waals surface area contributed by atoms with E-state index in [1.54, 1.807) is 0 Å². The Labute approximate surface area is 126 Å². The number of nitrogens with one attached hydrogen (secondary N) is 2. The lowest BCUT2D eigenvalue weighted by Gasteiger charge is -2.34. The lowest BCUT2D eigenvalue weighted by atomic mass is 9.95. The fraction of sp³-hybridized carbons (Fsp3) is 0.867. The van der Waals surface area contributed by atoms with E-state index in [9.17, 15) is 9.59 Å². The largest absolute Gasteiger partial charge is 0.480 e. The van der Waals surface area contributed by atoms with E-state index in [-0.39, 0.29) is 12.6 Å². The first-order valence-corrected chi connectivity index (χ1v) is 8.13. The molecule has 0 aromatic heterocycles. The van der Waals surface area contributed by atoms with Gasteiger partial charge in [-0.15, -0.1) is 0 Å². The number of hydrogen-bond acceptors (Lipinski definition) is 3. The van der Waals surface area contributed by atoms with Crippen LogP contribution in [0.25, 0.3) is 0 Å². The molecule has 0 radical (unpaired) electrons. The first-order valence-electron chi connectivity index (χ1n) is 8.13. The summed E-state index contributed by atoms with van der Waals surface area (Å²) in [6.07, 6.45) is 7.97. The van der Waals surface area contributed by atoms with Crippen LogP contribution in [-0.4, -0.2) is 54.2 Å². The second-order valence-corrected chi connectivity index (χ2v) is 6.26. The SMILES string of the molecule is O=C(O)CNCC1CCCN(C(=O)NC2CCCCC2)C1. The number of carboxylic acid groups (broad SMARTS) is 1. The van der Waals surface area contributed by atoms with Gasteiger partial charge in [-0.2, -0.15) is 0 Å². The molecular formula is C15H27N3O3. The summed E-state index contributed by atoms with van der Waals surface area (Å²) in [5, 5.41) is 14.7. The maximum absolute atomic E-state index is 12.3. The molecule has 1 atom stereocenters. The molecule has 1 aliphatic heterocycles. The molecule has 1 heterocycles. The van der Waals surface area contributed by atoms with Gasteiger partial charge in [0.2, 0.25) is 0 Å². The highest BCUT2D eigenvalue weighted by atomic mass is 16.4. The number of carbonyl (C=O) groups excluding carboxylic acids is 1. The Morgan fingerprint density at radius 1 is 1.10 bits per heavy atom. The number of hydrogen-bond donors (Lipinski definition) is 3. The first-order chi connectivity index (χ1) is 10.1. The summed E-state index contributed by atoms with van der Waals surface area (Å²) in [6.45, 7) is 2.20. The molecule has 0 spiro atoms. The number of carboxylic acids is 1. The Bertz CT molecular complexity index is 356. The third kappa shape index (κ3) is 5.53. The van der Waals surface area contributed by atoms with Gasteiger partial charge in [0.1, 0.15) is 0 Å². The van der Waals surface area contributed by atoms with Gasteiger partial charge in [-0.3, -0.25) is 4.79 Å². The van der Waals surface area contributed by atoms with E-state index in [1.165, 1.54) is 19.3 Å². The Balaban J connectivity index is 1.71. The van der Waals surface area contributed by atoms with E-state index in [0.717, 1.165) is 38.8 Å². The summed E-state index contributed by atoms with van der Waals surface area (Å²) in [5.41, 5.74) is 0. The number of rotatable bonds is 5. The average Bonchev–Trinajstić information content (AvgIpc) is 2.48. The molecule has 0 bridgehead atoms. The molecule has 120 valence electrons. The van der Waals surface area contributed by atoms with Gasteiger partial charge in [0, 0.05) is 25.7 Å². The zero-order chi connectivity index (χ0) is 15.1. The van der Waals surface area contributed by atoms with Crippen LogP contribution >= 0.6 is 0 Å². The van der Waals surface area contributed by atoms with Gasteiger partial charge in [-0.25, -0.2) is 4.79 Å². The van der Waals surface area contributed by atoms with Gasteiger partial charge >= 0.3 is 12.0 Å². The fourth-order valence-corrected chi connectivity index (χ4v) is 3.31. The second kappa shape index (κ2) is 8.22. The average molecular weight is 297 g/mol. The highest BCUT2D eigenvalue weighted by Crippen LogP contribution is 2.19. The van der Waals surface area contributed by atoms with Crippen molar-refractivity contribution in [3.63, 3.8) is 0 Å². The standard InChI is InChI=1S/C15H27N3O3/c19-14(20)10-16-9-12-5-4-8-18(11-12)15(21)17-13-6-2-1-3-7-13/h12-13,16H,1-11H2,(H,17,21)(H,19,20). The van der Waals surface area contributed by atoms with Crippen LogP contribution in [-0.2, 0) is 4.79 Å². The minimum absolute atomic E-state index is 0.00916. The van der Waals surface area contributed by atoms with E-state index >= 15 is 0 Å². The van der Waals surface area contributed by atoms with Gasteiger partial charge in [-0.05, 0) is 31.6 Å². The number of amides is 2. The van der Waals surface area contributed by atoms with Crippen LogP contribution in [0, 0.1) is 5.92 Å². The molecule has 1 unspecified atom stereocenters. The van der Waals surface area contributed by atoms with Crippen LogP contribution in [0.3, 0.4) is 0 Å². The maximum Gasteiger partial charge on any atom is 0.317 e. The summed E-state index contributed by atoms with van der Waals surface area (Å²) < 4.78 is 0. The van der Waals surface area contributed by atoms with Crippen molar-refractivity contribution < 1.29 is 14.7 Å². The van der Waals surface area contributed by atoms with Gasteiger partial charge in [-0.1, -0.05) is 19.3 Å². The lowest BCUT2D eigenvalue weighted by Crippen LogP contribution is -2.50. The first kappa shape index (κ1) is 16.1. The van der Waals surface area contributed by atoms with E-state index in [2.05, 4.69) is 10.6 Å². The Morgan fingerprint density at radius 3 is 2.57 bits per heavy atom. The summed E-state index contributed by atoms with van der Waals surface area (Å²) >= 11 is 0. The molecule has 21 heavy (non-hydrogen) atoms. The van der Waals surface area contributed by atoms with Crippen molar-refractivity contribution in [3.8, 4) is 0 Å². The van der Waals surface area contributed by atoms with E-state index in [1.807, 2.05) is 4.90 Å². The number of carbonyl (C=O) groups is 2. The predicted molar refractivity (Wildman–Crippen MR) is 80.2 cm³/mol. The summed E-state index contributed by atoms with van der Waals surface area (Å²) in [4.78, 5) is 24.7. The minimum Gasteiger partial charge on any atom is -0.480 e. The third-order valence-electron chi connectivity index (χ3n) is 4.45. The van der Waals surface area contributed by atoms with E-state index in [4.69, 9.17) is 5.11 Å². The molecule has 2 fully saturated rings. The molecule has 6 nitrogen and oxygen atoms in total. The Hall–Kier alpha value is -1.30. The molecule has 6 heteroatoms. The fourth-order valence-electron chi connectivity index (χ4n) is 3.31. The smallest absolute Gasteiger partial charge is 0.317 e. The number of piperidine rings is 1. The van der Waals surface area contributed by atoms with Crippen molar-refractivity contribution >= 4 is 12.0 Å². The van der Waals surface area contributed by atoms with Crippen molar-refractivity contribution in [1.29, 1.82) is 0 Å². The zero-order valence-electron chi connectivity index (χ0n) is 12.6. The second-order valence-electron chi connectivity index (χ2n) is 6.26. The Morgan fingerprint density at radius 2 is 1.86 bits per heavy atom. The lowest BCUT2D eigenvalue weighted by molar-refractivity contribution is -0.136. The molecule has 2 amide bonds. The molecule has 2 rings (SSSR count). The van der Waals surface area contributed by atoms with Crippen molar-refractivity contribution in [2.75, 3.05) is 26.2 Å². The number of nitrogens with zero attached hydrogens (tertiary/aromatic N) is 1. The predicted octanol–water partition coefficient (Wildman–Crippen LogP) is 1.41. The molecule has 0 aromatic carbocycles. The van der Waals surface area contributed by atoms with E-state index in [0.29, 0.717) is 18.5 Å². The molecule has 3 N–H and O–H groups in total. The summed E-state index contributed by atoms with van der Waals surface area (Å²) in [5.74, 6) is -0.479. The van der Waals surface area contributed by atoms with Gasteiger partial charge < -0.3 is 20.6 Å². The van der Waals surface area contributed by atoms with Crippen LogP contribution in [0.1, 0.15) is 44.9 Å². The molecule has 1 saturated carbocycles. The highest BCUT2D eigenvalue weighted by molar-refractivity contribution is 5.74. The molecule has 1 saturated heterocycles. The Kier molecular flexibility index (Phi) is 6.29. The molecule has 2 aliphatic rings. The van der Waals surface area contributed by atoms with Crippen LogP contribution < -0.4 is 10.6 Å². The zero-order valence-corrected chi connectivity index (χ0v) is 12.6. The normalized spacial score (nSPS) is 23.8. The van der Waals surface area contributed by atoms with Crippen LogP contribution in [0.2, 0.25) is 0 Å². The van der Waals surface area contributed by atoms with Gasteiger partial charge in [0.05, 0.1) is 6.54 Å². The number of aliphatic carboxylic acids is 1. The van der Waals surface area contributed by atoms with Crippen LogP contribution in [0.15, 0.2) is 0 Å². The van der Waals surface area contributed by atoms with Crippen molar-refractivity contribution in [2.45, 2.75) is 51.0 Å². The summed E-state index contributed by atoms with van der Waals surface area (Å²) in [7, 11) is 0. The molecular weight excluding hydrogens is 270 g/mol. The maximum atomic E-state index is 12.3. The third-order valence-corrected chi connectivity index (χ3v) is 4.45. The molecule has 0 aromatic rings. The minimum atomic E-state index is -0.835. The molecule has 1 aliphatic carbocycles. The number of urea groups is 1. The van der Waals surface area contributed by atoms with Crippen molar-refractivity contribution in [1.82, 2.24) is 15.5 Å². The van der Waals surface area contributed by atoms with E-state index < -0.39 is 5.97 Å². The van der Waals surface area contributed by atoms with Crippen LogP contribution in [0.5, 0.6) is 0 Å². The quantitative estimate of drug-likeness (QED) is 0.717. The van der Waals surface area contributed by atoms with Gasteiger partial charge in [0.25, 0.3) is 0 Å². The monoisotopic (exact) mass is 297 g/mol. The highest BCUT2D eigenvalue weighted by Gasteiger charge is 2.25. The topological polar surface area (TPSA) is 81.7 Å².